The van der Waals surface area contributed by atoms with E-state index in [0.29, 0.717) is 18.2 Å². The molecule has 1 atom stereocenters. The van der Waals surface area contributed by atoms with Crippen LogP contribution in [-0.2, 0) is 6.54 Å². The predicted octanol–water partition coefficient (Wildman–Crippen LogP) is 1.57. The molecule has 5 nitrogen and oxygen atoms in total. The van der Waals surface area contributed by atoms with E-state index in [2.05, 4.69) is 4.90 Å². The highest BCUT2D eigenvalue weighted by Crippen LogP contribution is 2.21. The van der Waals surface area contributed by atoms with E-state index < -0.39 is 5.97 Å². The smallest absolute Gasteiger partial charge is 0.371 e. The summed E-state index contributed by atoms with van der Waals surface area (Å²) in [5.41, 5.74) is 0. The van der Waals surface area contributed by atoms with Crippen molar-refractivity contribution in [3.63, 3.8) is 0 Å². The summed E-state index contributed by atoms with van der Waals surface area (Å²) in [5, 5.41) is 17.7. The Kier molecular flexibility index (Phi) is 4.38. The van der Waals surface area contributed by atoms with Gasteiger partial charge in [0.2, 0.25) is 5.76 Å². The number of carboxylic acid groups (broad SMARTS) is 1. The van der Waals surface area contributed by atoms with E-state index in [0.717, 1.165) is 32.4 Å². The lowest BCUT2D eigenvalue weighted by Crippen LogP contribution is -2.35. The van der Waals surface area contributed by atoms with Gasteiger partial charge in [-0.1, -0.05) is 0 Å². The molecule has 0 bridgehead atoms. The van der Waals surface area contributed by atoms with Gasteiger partial charge >= 0.3 is 5.97 Å². The van der Waals surface area contributed by atoms with Gasteiger partial charge in [0.1, 0.15) is 5.76 Å². The molecular formula is C13H19NO4. The molecule has 1 aromatic rings. The number of likely N-dealkylation sites (tertiary alicyclic amines) is 1. The van der Waals surface area contributed by atoms with E-state index >= 15 is 0 Å². The minimum atomic E-state index is -1.03. The Hall–Kier alpha value is -1.33. The second-order valence-corrected chi connectivity index (χ2v) is 4.83. The zero-order valence-corrected chi connectivity index (χ0v) is 10.3. The molecule has 5 heteroatoms. The summed E-state index contributed by atoms with van der Waals surface area (Å²) < 4.78 is 5.25. The molecule has 1 unspecified atom stereocenters. The zero-order valence-electron chi connectivity index (χ0n) is 10.3. The number of hydrogen-bond acceptors (Lipinski definition) is 4. The number of furan rings is 1. The lowest BCUT2D eigenvalue weighted by molar-refractivity contribution is 0.0656. The van der Waals surface area contributed by atoms with Crippen molar-refractivity contribution in [2.45, 2.75) is 25.8 Å². The summed E-state index contributed by atoms with van der Waals surface area (Å²) >= 11 is 0. The quantitative estimate of drug-likeness (QED) is 0.833. The molecule has 1 aromatic heterocycles. The molecule has 0 aromatic carbocycles. The van der Waals surface area contributed by atoms with Crippen molar-refractivity contribution < 1.29 is 19.4 Å². The standard InChI is InChI=1S/C13H19NO4/c15-7-5-10-2-1-6-14(8-10)9-11-3-4-12(18-11)13(16)17/h3-4,10,15H,1-2,5-9H2,(H,16,17). The normalized spacial score (nSPS) is 21.1. The molecule has 100 valence electrons. The highest BCUT2D eigenvalue weighted by molar-refractivity contribution is 5.84. The minimum absolute atomic E-state index is 0.00563. The van der Waals surface area contributed by atoms with Crippen LogP contribution in [0.2, 0.25) is 0 Å². The molecule has 2 heterocycles. The fourth-order valence-corrected chi connectivity index (χ4v) is 2.51. The monoisotopic (exact) mass is 253 g/mol. The van der Waals surface area contributed by atoms with E-state index in [-0.39, 0.29) is 12.4 Å². The largest absolute Gasteiger partial charge is 0.475 e. The Bertz CT molecular complexity index is 399. The van der Waals surface area contributed by atoms with E-state index in [1.807, 2.05) is 0 Å². The summed E-state index contributed by atoms with van der Waals surface area (Å²) in [5.74, 6) is 0.196. The van der Waals surface area contributed by atoms with Gasteiger partial charge in [0.15, 0.2) is 0 Å². The van der Waals surface area contributed by atoms with Crippen LogP contribution in [0.25, 0.3) is 0 Å². The molecule has 2 rings (SSSR count). The van der Waals surface area contributed by atoms with Gasteiger partial charge in [-0.2, -0.15) is 0 Å². The highest BCUT2D eigenvalue weighted by Gasteiger charge is 2.20. The van der Waals surface area contributed by atoms with Crippen molar-refractivity contribution in [1.29, 1.82) is 0 Å². The molecule has 1 aliphatic heterocycles. The van der Waals surface area contributed by atoms with Gasteiger partial charge in [-0.25, -0.2) is 4.79 Å². The highest BCUT2D eigenvalue weighted by atomic mass is 16.4. The first kappa shape index (κ1) is 13.1. The van der Waals surface area contributed by atoms with Gasteiger partial charge in [0, 0.05) is 13.2 Å². The zero-order chi connectivity index (χ0) is 13.0. The molecule has 0 aliphatic carbocycles. The van der Waals surface area contributed by atoms with Gasteiger partial charge in [-0.15, -0.1) is 0 Å². The maximum Gasteiger partial charge on any atom is 0.371 e. The second kappa shape index (κ2) is 6.02. The van der Waals surface area contributed by atoms with Gasteiger partial charge in [0.25, 0.3) is 0 Å². The van der Waals surface area contributed by atoms with E-state index in [1.54, 1.807) is 6.07 Å². The number of piperidine rings is 1. The van der Waals surface area contributed by atoms with Crippen molar-refractivity contribution in [1.82, 2.24) is 4.90 Å². The van der Waals surface area contributed by atoms with Crippen LogP contribution in [0.1, 0.15) is 35.6 Å². The van der Waals surface area contributed by atoms with Crippen molar-refractivity contribution in [3.05, 3.63) is 23.7 Å². The van der Waals surface area contributed by atoms with Crippen LogP contribution in [0.3, 0.4) is 0 Å². The summed E-state index contributed by atoms with van der Waals surface area (Å²) in [6.45, 7) is 2.84. The molecule has 2 N–H and O–H groups in total. The number of hydrogen-bond donors (Lipinski definition) is 2. The van der Waals surface area contributed by atoms with Crippen LogP contribution in [0.4, 0.5) is 0 Å². The molecule has 0 spiro atoms. The Morgan fingerprint density at radius 2 is 2.33 bits per heavy atom. The van der Waals surface area contributed by atoms with E-state index in [4.69, 9.17) is 14.6 Å². The average Bonchev–Trinajstić information content (AvgIpc) is 2.78. The molecule has 1 fully saturated rings. The van der Waals surface area contributed by atoms with Crippen LogP contribution in [0.15, 0.2) is 16.5 Å². The van der Waals surface area contributed by atoms with Gasteiger partial charge < -0.3 is 14.6 Å². The van der Waals surface area contributed by atoms with Crippen molar-refractivity contribution in [3.8, 4) is 0 Å². The van der Waals surface area contributed by atoms with Crippen LogP contribution >= 0.6 is 0 Å². The van der Waals surface area contributed by atoms with E-state index in [1.165, 1.54) is 6.07 Å². The third-order valence-corrected chi connectivity index (χ3v) is 3.39. The first-order valence-electron chi connectivity index (χ1n) is 6.34. The topological polar surface area (TPSA) is 73.9 Å². The summed E-state index contributed by atoms with van der Waals surface area (Å²) in [6, 6.07) is 3.21. The number of nitrogens with zero attached hydrogens (tertiary/aromatic N) is 1. The SMILES string of the molecule is O=C(O)c1ccc(CN2CCCC(CCO)C2)o1. The minimum Gasteiger partial charge on any atom is -0.475 e. The fraction of sp³-hybridized carbons (Fsp3) is 0.615. The van der Waals surface area contributed by atoms with Crippen molar-refractivity contribution >= 4 is 5.97 Å². The maximum absolute atomic E-state index is 10.7. The lowest BCUT2D eigenvalue weighted by atomic mass is 9.95. The number of rotatable bonds is 5. The number of aliphatic hydroxyl groups excluding tert-OH is 1. The van der Waals surface area contributed by atoms with Gasteiger partial charge in [-0.05, 0) is 43.9 Å². The molecule has 0 radical (unpaired) electrons. The van der Waals surface area contributed by atoms with E-state index in [9.17, 15) is 4.79 Å². The first-order chi connectivity index (χ1) is 8.69. The number of carbonyl (C=O) groups is 1. The third-order valence-electron chi connectivity index (χ3n) is 3.39. The van der Waals surface area contributed by atoms with Crippen molar-refractivity contribution in [2.24, 2.45) is 5.92 Å². The number of carboxylic acids is 1. The summed E-state index contributed by atoms with van der Waals surface area (Å²) in [6.07, 6.45) is 3.13. The maximum atomic E-state index is 10.7. The molecule has 0 saturated carbocycles. The molecule has 1 aliphatic rings. The molecule has 1 saturated heterocycles. The van der Waals surface area contributed by atoms with Crippen LogP contribution in [0, 0.1) is 5.92 Å². The first-order valence-corrected chi connectivity index (χ1v) is 6.34. The number of aromatic carboxylic acids is 1. The van der Waals surface area contributed by atoms with Gasteiger partial charge in [-0.3, -0.25) is 4.90 Å². The van der Waals surface area contributed by atoms with Crippen molar-refractivity contribution in [2.75, 3.05) is 19.7 Å². The summed E-state index contributed by atoms with van der Waals surface area (Å²) in [4.78, 5) is 13.0. The molecule has 18 heavy (non-hydrogen) atoms. The van der Waals surface area contributed by atoms with Crippen LogP contribution in [0.5, 0.6) is 0 Å². The second-order valence-electron chi connectivity index (χ2n) is 4.83. The molecular weight excluding hydrogens is 234 g/mol. The Morgan fingerprint density at radius 1 is 1.50 bits per heavy atom. The Balaban J connectivity index is 1.89. The lowest BCUT2D eigenvalue weighted by Gasteiger charge is -2.31. The number of aliphatic hydroxyl groups is 1. The Morgan fingerprint density at radius 3 is 3.00 bits per heavy atom. The average molecular weight is 253 g/mol. The van der Waals surface area contributed by atoms with Crippen LogP contribution < -0.4 is 0 Å². The Labute approximate surface area is 106 Å². The van der Waals surface area contributed by atoms with Crippen LogP contribution in [-0.4, -0.2) is 40.8 Å². The third kappa shape index (κ3) is 3.34. The van der Waals surface area contributed by atoms with Gasteiger partial charge in [0.05, 0.1) is 6.54 Å². The molecule has 0 amide bonds. The predicted molar refractivity (Wildman–Crippen MR) is 65.4 cm³/mol. The summed E-state index contributed by atoms with van der Waals surface area (Å²) in [7, 11) is 0. The fourth-order valence-electron chi connectivity index (χ4n) is 2.51.